The number of carbonyl (C=O) groups excluding carboxylic acids is 1. The predicted molar refractivity (Wildman–Crippen MR) is 126 cm³/mol. The normalized spacial score (nSPS) is 12.2. The number of esters is 1. The molecule has 176 valence electrons. The molecule has 0 atom stereocenters. The van der Waals surface area contributed by atoms with Crippen LogP contribution in [0.1, 0.15) is 64.5 Å². The Morgan fingerprint density at radius 2 is 1.62 bits per heavy atom. The lowest BCUT2D eigenvalue weighted by molar-refractivity contribution is -0.384. The quantitative estimate of drug-likeness (QED) is 0.354. The van der Waals surface area contributed by atoms with E-state index in [-0.39, 0.29) is 23.4 Å². The highest BCUT2D eigenvalue weighted by atomic mass is 16.6. The third-order valence-corrected chi connectivity index (χ3v) is 4.77. The summed E-state index contributed by atoms with van der Waals surface area (Å²) in [5.74, 6) is 0.0877. The maximum Gasteiger partial charge on any atom is 0.343 e. The Morgan fingerprint density at radius 1 is 1.09 bits per heavy atom. The molecule has 0 aliphatic carbocycles. The number of aromatic nitrogens is 2. The Balaban J connectivity index is 2.88. The Labute approximate surface area is 190 Å². The van der Waals surface area contributed by atoms with E-state index >= 15 is 0 Å². The number of rotatable bonds is 7. The standard InChI is InChI=1S/C23H35N5O4/c1-10-32-21(29)19-18(15-25(8)9)26(16-11-13-17(14-12-16)28(30)31)24-20(19)27(22(2,3)4)23(5,6)7/h11-14H,10,15H2,1-9H3. The van der Waals surface area contributed by atoms with E-state index in [0.717, 1.165) is 0 Å². The maximum atomic E-state index is 13.2. The molecule has 0 aliphatic rings. The molecule has 9 heteroatoms. The minimum atomic E-state index is -0.440. The second-order valence-corrected chi connectivity index (χ2v) is 9.97. The Morgan fingerprint density at radius 3 is 2.03 bits per heavy atom. The summed E-state index contributed by atoms with van der Waals surface area (Å²) in [5.41, 5.74) is 1.01. The van der Waals surface area contributed by atoms with Crippen molar-refractivity contribution in [3.05, 3.63) is 45.6 Å². The first-order chi connectivity index (χ1) is 14.7. The Hall–Kier alpha value is -2.94. The summed E-state index contributed by atoms with van der Waals surface area (Å²) in [6, 6.07) is 6.15. The van der Waals surface area contributed by atoms with Gasteiger partial charge in [-0.05, 0) is 74.7 Å². The van der Waals surface area contributed by atoms with Gasteiger partial charge >= 0.3 is 5.97 Å². The summed E-state index contributed by atoms with van der Waals surface area (Å²) in [5, 5.41) is 16.0. The van der Waals surface area contributed by atoms with Crippen molar-refractivity contribution < 1.29 is 14.5 Å². The molecule has 0 fully saturated rings. The number of nitro groups is 1. The molecule has 2 rings (SSSR count). The van der Waals surface area contributed by atoms with Crippen molar-refractivity contribution in [1.29, 1.82) is 0 Å². The van der Waals surface area contributed by atoms with Gasteiger partial charge in [0, 0.05) is 29.8 Å². The third kappa shape index (κ3) is 5.45. The molecule has 0 spiro atoms. The number of hydrogen-bond donors (Lipinski definition) is 0. The zero-order valence-corrected chi connectivity index (χ0v) is 20.6. The van der Waals surface area contributed by atoms with E-state index in [1.807, 2.05) is 19.0 Å². The molecule has 9 nitrogen and oxygen atoms in total. The smallest absolute Gasteiger partial charge is 0.343 e. The van der Waals surface area contributed by atoms with Gasteiger partial charge in [-0.2, -0.15) is 0 Å². The topological polar surface area (TPSA) is 93.7 Å². The number of non-ortho nitro benzene ring substituents is 1. The van der Waals surface area contributed by atoms with E-state index in [1.54, 1.807) is 23.7 Å². The lowest BCUT2D eigenvalue weighted by Gasteiger charge is -2.46. The van der Waals surface area contributed by atoms with Crippen molar-refractivity contribution in [3.63, 3.8) is 0 Å². The zero-order chi connectivity index (χ0) is 24.4. The molecular formula is C23H35N5O4. The summed E-state index contributed by atoms with van der Waals surface area (Å²) < 4.78 is 7.13. The van der Waals surface area contributed by atoms with Crippen LogP contribution in [0.4, 0.5) is 11.5 Å². The molecular weight excluding hydrogens is 410 g/mol. The molecule has 1 aromatic carbocycles. The van der Waals surface area contributed by atoms with Crippen LogP contribution in [0.15, 0.2) is 24.3 Å². The highest BCUT2D eigenvalue weighted by Gasteiger charge is 2.39. The van der Waals surface area contributed by atoms with Gasteiger partial charge < -0.3 is 14.5 Å². The van der Waals surface area contributed by atoms with Gasteiger partial charge in [-0.15, -0.1) is 5.10 Å². The number of anilines is 1. The molecule has 0 saturated carbocycles. The number of ether oxygens (including phenoxy) is 1. The van der Waals surface area contributed by atoms with Crippen LogP contribution in [0.5, 0.6) is 0 Å². The highest BCUT2D eigenvalue weighted by molar-refractivity contribution is 5.97. The summed E-state index contributed by atoms with van der Waals surface area (Å²) >= 11 is 0. The van der Waals surface area contributed by atoms with Crippen molar-refractivity contribution >= 4 is 17.5 Å². The largest absolute Gasteiger partial charge is 0.462 e. The zero-order valence-electron chi connectivity index (χ0n) is 20.6. The van der Waals surface area contributed by atoms with Crippen LogP contribution >= 0.6 is 0 Å². The number of benzene rings is 1. The molecule has 0 bridgehead atoms. The summed E-state index contributed by atoms with van der Waals surface area (Å²) in [6.45, 7) is 14.9. The predicted octanol–water partition coefficient (Wildman–Crippen LogP) is 4.42. The van der Waals surface area contributed by atoms with Gasteiger partial charge in [0.05, 0.1) is 22.9 Å². The minimum Gasteiger partial charge on any atom is -0.462 e. The summed E-state index contributed by atoms with van der Waals surface area (Å²) in [6.07, 6.45) is 0. The molecule has 0 amide bonds. The van der Waals surface area contributed by atoms with E-state index in [1.165, 1.54) is 12.1 Å². The molecule has 32 heavy (non-hydrogen) atoms. The van der Waals surface area contributed by atoms with Gasteiger partial charge in [0.2, 0.25) is 0 Å². The van der Waals surface area contributed by atoms with Gasteiger partial charge in [0.25, 0.3) is 5.69 Å². The second-order valence-electron chi connectivity index (χ2n) is 9.97. The number of hydrogen-bond acceptors (Lipinski definition) is 7. The number of nitro benzene ring substituents is 1. The fourth-order valence-corrected chi connectivity index (χ4v) is 4.03. The average molecular weight is 446 g/mol. The van der Waals surface area contributed by atoms with Crippen molar-refractivity contribution in [3.8, 4) is 5.69 Å². The third-order valence-electron chi connectivity index (χ3n) is 4.77. The van der Waals surface area contributed by atoms with Gasteiger partial charge in [-0.3, -0.25) is 10.1 Å². The van der Waals surface area contributed by atoms with E-state index < -0.39 is 10.9 Å². The molecule has 0 aliphatic heterocycles. The second kappa shape index (κ2) is 9.28. The average Bonchev–Trinajstić information content (AvgIpc) is 2.97. The van der Waals surface area contributed by atoms with E-state index in [0.29, 0.717) is 29.3 Å². The van der Waals surface area contributed by atoms with Crippen LogP contribution < -0.4 is 4.90 Å². The SMILES string of the molecule is CCOC(=O)c1c(N(C(C)(C)C)C(C)(C)C)nn(-c2ccc([N+](=O)[O-])cc2)c1CN(C)C. The van der Waals surface area contributed by atoms with Crippen molar-refractivity contribution in [2.24, 2.45) is 0 Å². The molecule has 0 radical (unpaired) electrons. The van der Waals surface area contributed by atoms with E-state index in [9.17, 15) is 14.9 Å². The maximum absolute atomic E-state index is 13.2. The van der Waals surface area contributed by atoms with Crippen LogP contribution in [0.3, 0.4) is 0 Å². The monoisotopic (exact) mass is 445 g/mol. The Bertz CT molecular complexity index is 952. The Kier molecular flexibility index (Phi) is 7.34. The first kappa shape index (κ1) is 25.3. The summed E-state index contributed by atoms with van der Waals surface area (Å²) in [4.78, 5) is 27.9. The van der Waals surface area contributed by atoms with Gasteiger partial charge in [-0.1, -0.05) is 0 Å². The van der Waals surface area contributed by atoms with Crippen molar-refractivity contribution in [1.82, 2.24) is 14.7 Å². The first-order valence-corrected chi connectivity index (χ1v) is 10.7. The molecule has 1 heterocycles. The van der Waals surface area contributed by atoms with Crippen LogP contribution in [0, 0.1) is 10.1 Å². The van der Waals surface area contributed by atoms with Crippen LogP contribution in [-0.2, 0) is 11.3 Å². The fourth-order valence-electron chi connectivity index (χ4n) is 4.03. The number of nitrogens with zero attached hydrogens (tertiary/aromatic N) is 5. The van der Waals surface area contributed by atoms with Crippen LogP contribution in [0.25, 0.3) is 5.69 Å². The lowest BCUT2D eigenvalue weighted by atomic mass is 9.95. The molecule has 0 N–H and O–H groups in total. The van der Waals surface area contributed by atoms with Crippen molar-refractivity contribution in [2.45, 2.75) is 66.1 Å². The molecule has 1 aromatic heterocycles. The summed E-state index contributed by atoms with van der Waals surface area (Å²) in [7, 11) is 3.82. The van der Waals surface area contributed by atoms with E-state index in [4.69, 9.17) is 9.84 Å². The van der Waals surface area contributed by atoms with E-state index in [2.05, 4.69) is 46.4 Å². The van der Waals surface area contributed by atoms with Crippen molar-refractivity contribution in [2.75, 3.05) is 25.6 Å². The minimum absolute atomic E-state index is 0.00749. The molecule has 0 saturated heterocycles. The lowest BCUT2D eigenvalue weighted by Crippen LogP contribution is -2.53. The van der Waals surface area contributed by atoms with Gasteiger partial charge in [-0.25, -0.2) is 9.48 Å². The van der Waals surface area contributed by atoms with Gasteiger partial charge in [0.15, 0.2) is 5.82 Å². The highest BCUT2D eigenvalue weighted by Crippen LogP contribution is 2.37. The number of carbonyl (C=O) groups is 1. The molecule has 0 unspecified atom stereocenters. The van der Waals surface area contributed by atoms with Gasteiger partial charge in [0.1, 0.15) is 5.56 Å². The molecule has 2 aromatic rings. The van der Waals surface area contributed by atoms with Crippen LogP contribution in [0.2, 0.25) is 0 Å². The van der Waals surface area contributed by atoms with Crippen LogP contribution in [-0.4, -0.2) is 57.4 Å². The fraction of sp³-hybridized carbons (Fsp3) is 0.565. The first-order valence-electron chi connectivity index (χ1n) is 10.7.